The number of methoxy groups -OCH3 is 2. The summed E-state index contributed by atoms with van der Waals surface area (Å²) in [5.74, 6) is 1.62. The van der Waals surface area contributed by atoms with Crippen LogP contribution in [0.2, 0.25) is 0 Å². The monoisotopic (exact) mass is 389 g/mol. The van der Waals surface area contributed by atoms with Gasteiger partial charge in [-0.15, -0.1) is 0 Å². The van der Waals surface area contributed by atoms with Crippen LogP contribution in [-0.4, -0.2) is 26.7 Å². The number of benzene rings is 3. The standard InChI is InChI=1S/C24H23NO4/c1-27-19-12-6-3-9-16(19)22(28-2)15-25-24(26)23-17-10-4-7-13-20(17)29-21-14-8-5-11-18(21)23/h3-14,22-23H,15H2,1-2H3,(H,25,26)/t22-/m0/s1. The van der Waals surface area contributed by atoms with Crippen LogP contribution in [0, 0.1) is 0 Å². The highest BCUT2D eigenvalue weighted by Gasteiger charge is 2.32. The van der Waals surface area contributed by atoms with Gasteiger partial charge in [0.2, 0.25) is 5.91 Å². The Bertz CT molecular complexity index is 972. The number of fused-ring (bicyclic) bond motifs is 2. The number of para-hydroxylation sites is 3. The van der Waals surface area contributed by atoms with Crippen molar-refractivity contribution >= 4 is 5.91 Å². The van der Waals surface area contributed by atoms with Gasteiger partial charge in [-0.2, -0.15) is 0 Å². The highest BCUT2D eigenvalue weighted by Crippen LogP contribution is 2.43. The largest absolute Gasteiger partial charge is 0.496 e. The molecule has 0 radical (unpaired) electrons. The Balaban J connectivity index is 1.59. The molecule has 1 heterocycles. The molecule has 0 saturated carbocycles. The summed E-state index contributed by atoms with van der Waals surface area (Å²) in [6, 6.07) is 23.0. The lowest BCUT2D eigenvalue weighted by Crippen LogP contribution is -2.35. The average Bonchev–Trinajstić information content (AvgIpc) is 2.78. The number of nitrogens with one attached hydrogen (secondary N) is 1. The van der Waals surface area contributed by atoms with Gasteiger partial charge in [-0.25, -0.2) is 0 Å². The molecule has 4 rings (SSSR count). The molecule has 0 fully saturated rings. The van der Waals surface area contributed by atoms with E-state index in [4.69, 9.17) is 14.2 Å². The van der Waals surface area contributed by atoms with E-state index in [-0.39, 0.29) is 12.0 Å². The van der Waals surface area contributed by atoms with Crippen LogP contribution in [0.5, 0.6) is 17.2 Å². The molecule has 1 aliphatic rings. The van der Waals surface area contributed by atoms with Gasteiger partial charge >= 0.3 is 0 Å². The van der Waals surface area contributed by atoms with E-state index in [1.54, 1.807) is 14.2 Å². The lowest BCUT2D eigenvalue weighted by Gasteiger charge is -2.28. The zero-order valence-corrected chi connectivity index (χ0v) is 16.4. The number of carbonyl (C=O) groups excluding carboxylic acids is 1. The van der Waals surface area contributed by atoms with Gasteiger partial charge in [0.1, 0.15) is 23.4 Å². The smallest absolute Gasteiger partial charge is 0.232 e. The van der Waals surface area contributed by atoms with Crippen molar-refractivity contribution in [3.8, 4) is 17.2 Å². The number of ether oxygens (including phenoxy) is 3. The number of carbonyl (C=O) groups is 1. The summed E-state index contributed by atoms with van der Waals surface area (Å²) in [5, 5.41) is 3.06. The molecule has 0 spiro atoms. The molecule has 148 valence electrons. The molecular formula is C24H23NO4. The van der Waals surface area contributed by atoms with E-state index >= 15 is 0 Å². The van der Waals surface area contributed by atoms with Gasteiger partial charge in [0.05, 0.1) is 13.0 Å². The lowest BCUT2D eigenvalue weighted by molar-refractivity contribution is -0.122. The fourth-order valence-corrected chi connectivity index (χ4v) is 3.74. The second-order valence-electron chi connectivity index (χ2n) is 6.82. The summed E-state index contributed by atoms with van der Waals surface area (Å²) in [5.41, 5.74) is 2.61. The van der Waals surface area contributed by atoms with E-state index in [1.165, 1.54) is 0 Å². The Labute approximate surface area is 170 Å². The quantitative estimate of drug-likeness (QED) is 0.677. The SMILES string of the molecule is COc1ccccc1[C@H](CNC(=O)C1c2ccccc2Oc2ccccc21)OC. The molecule has 1 atom stereocenters. The van der Waals surface area contributed by atoms with Crippen LogP contribution in [0.25, 0.3) is 0 Å². The highest BCUT2D eigenvalue weighted by atomic mass is 16.5. The fourth-order valence-electron chi connectivity index (χ4n) is 3.74. The molecule has 0 unspecified atom stereocenters. The van der Waals surface area contributed by atoms with Gasteiger partial charge in [-0.3, -0.25) is 4.79 Å². The first-order valence-electron chi connectivity index (χ1n) is 9.52. The molecular weight excluding hydrogens is 366 g/mol. The second-order valence-corrected chi connectivity index (χ2v) is 6.82. The maximum absolute atomic E-state index is 13.3. The van der Waals surface area contributed by atoms with Crippen molar-refractivity contribution in [1.29, 1.82) is 0 Å². The van der Waals surface area contributed by atoms with Crippen molar-refractivity contribution in [2.45, 2.75) is 12.0 Å². The van der Waals surface area contributed by atoms with Crippen molar-refractivity contribution in [3.05, 3.63) is 89.5 Å². The molecule has 0 saturated heterocycles. The van der Waals surface area contributed by atoms with E-state index in [0.29, 0.717) is 18.0 Å². The zero-order valence-electron chi connectivity index (χ0n) is 16.4. The number of rotatable bonds is 6. The Morgan fingerprint density at radius 3 is 2.14 bits per heavy atom. The third-order valence-electron chi connectivity index (χ3n) is 5.17. The topological polar surface area (TPSA) is 56.8 Å². The van der Waals surface area contributed by atoms with Crippen molar-refractivity contribution < 1.29 is 19.0 Å². The summed E-state index contributed by atoms with van der Waals surface area (Å²) in [4.78, 5) is 13.3. The van der Waals surface area contributed by atoms with Crippen LogP contribution in [0.3, 0.4) is 0 Å². The molecule has 1 aliphatic heterocycles. The van der Waals surface area contributed by atoms with Crippen molar-refractivity contribution in [2.24, 2.45) is 0 Å². The van der Waals surface area contributed by atoms with Gasteiger partial charge in [0, 0.05) is 30.3 Å². The summed E-state index contributed by atoms with van der Waals surface area (Å²) in [7, 11) is 3.25. The first-order chi connectivity index (χ1) is 14.2. The van der Waals surface area contributed by atoms with Crippen LogP contribution < -0.4 is 14.8 Å². The summed E-state index contributed by atoms with van der Waals surface area (Å²) >= 11 is 0. The Morgan fingerprint density at radius 1 is 0.931 bits per heavy atom. The van der Waals surface area contributed by atoms with Crippen LogP contribution in [0.15, 0.2) is 72.8 Å². The minimum Gasteiger partial charge on any atom is -0.496 e. The molecule has 29 heavy (non-hydrogen) atoms. The normalized spacial score (nSPS) is 13.6. The predicted molar refractivity (Wildman–Crippen MR) is 111 cm³/mol. The van der Waals surface area contributed by atoms with E-state index in [9.17, 15) is 4.79 Å². The van der Waals surface area contributed by atoms with Crippen LogP contribution in [-0.2, 0) is 9.53 Å². The number of hydrogen-bond donors (Lipinski definition) is 1. The Hall–Kier alpha value is -3.31. The minimum absolute atomic E-state index is 0.0925. The molecule has 5 nitrogen and oxygen atoms in total. The molecule has 1 amide bonds. The van der Waals surface area contributed by atoms with Crippen molar-refractivity contribution in [1.82, 2.24) is 5.32 Å². The summed E-state index contributed by atoms with van der Waals surface area (Å²) in [6.07, 6.45) is -0.319. The maximum Gasteiger partial charge on any atom is 0.232 e. The first kappa shape index (κ1) is 19.0. The second kappa shape index (κ2) is 8.37. The van der Waals surface area contributed by atoms with E-state index in [0.717, 1.165) is 22.4 Å². The molecule has 0 aromatic heterocycles. The van der Waals surface area contributed by atoms with Crippen molar-refractivity contribution in [2.75, 3.05) is 20.8 Å². The molecule has 3 aromatic rings. The Kier molecular flexibility index (Phi) is 5.49. The minimum atomic E-state index is -0.439. The Morgan fingerprint density at radius 2 is 1.52 bits per heavy atom. The van der Waals surface area contributed by atoms with Crippen LogP contribution in [0.4, 0.5) is 0 Å². The van der Waals surface area contributed by atoms with Crippen LogP contribution >= 0.6 is 0 Å². The van der Waals surface area contributed by atoms with Gasteiger partial charge < -0.3 is 19.5 Å². The number of amides is 1. The zero-order chi connectivity index (χ0) is 20.2. The van der Waals surface area contributed by atoms with E-state index in [1.807, 2.05) is 72.8 Å². The van der Waals surface area contributed by atoms with E-state index in [2.05, 4.69) is 5.32 Å². The molecule has 0 bridgehead atoms. The van der Waals surface area contributed by atoms with Gasteiger partial charge in [-0.1, -0.05) is 54.6 Å². The summed E-state index contributed by atoms with van der Waals surface area (Å²) < 4.78 is 17.1. The van der Waals surface area contributed by atoms with Crippen LogP contribution in [0.1, 0.15) is 28.7 Å². The third kappa shape index (κ3) is 3.69. The maximum atomic E-state index is 13.3. The molecule has 5 heteroatoms. The third-order valence-corrected chi connectivity index (χ3v) is 5.17. The van der Waals surface area contributed by atoms with Gasteiger partial charge in [0.25, 0.3) is 0 Å². The molecule has 0 aliphatic carbocycles. The summed E-state index contributed by atoms with van der Waals surface area (Å²) in [6.45, 7) is 0.331. The first-order valence-corrected chi connectivity index (χ1v) is 9.52. The molecule has 1 N–H and O–H groups in total. The van der Waals surface area contributed by atoms with E-state index < -0.39 is 5.92 Å². The highest BCUT2D eigenvalue weighted by molar-refractivity contribution is 5.89. The lowest BCUT2D eigenvalue weighted by atomic mass is 9.87. The van der Waals surface area contributed by atoms with Gasteiger partial charge in [-0.05, 0) is 18.2 Å². The van der Waals surface area contributed by atoms with Gasteiger partial charge in [0.15, 0.2) is 0 Å². The molecule has 3 aromatic carbocycles. The predicted octanol–water partition coefficient (Wildman–Crippen LogP) is 4.44. The fraction of sp³-hybridized carbons (Fsp3) is 0.208. The van der Waals surface area contributed by atoms with Crippen molar-refractivity contribution in [3.63, 3.8) is 0 Å². The number of hydrogen-bond acceptors (Lipinski definition) is 4. The average molecular weight is 389 g/mol.